The second-order valence-corrected chi connectivity index (χ2v) is 5.39. The van der Waals surface area contributed by atoms with Gasteiger partial charge < -0.3 is 14.5 Å². The number of esters is 2. The summed E-state index contributed by atoms with van der Waals surface area (Å²) in [6, 6.07) is 8.59. The molecule has 126 valence electrons. The summed E-state index contributed by atoms with van der Waals surface area (Å²) >= 11 is 0. The molecule has 6 heteroatoms. The fourth-order valence-electron chi connectivity index (χ4n) is 2.47. The number of benzene rings is 1. The van der Waals surface area contributed by atoms with Crippen LogP contribution in [-0.4, -0.2) is 35.9 Å². The van der Waals surface area contributed by atoms with Gasteiger partial charge in [0.15, 0.2) is 6.10 Å². The fourth-order valence-corrected chi connectivity index (χ4v) is 2.47. The van der Waals surface area contributed by atoms with E-state index in [2.05, 4.69) is 4.98 Å². The van der Waals surface area contributed by atoms with Crippen LogP contribution in [-0.2, 0) is 9.47 Å². The molecule has 0 spiro atoms. The second kappa shape index (κ2) is 7.12. The zero-order chi connectivity index (χ0) is 17.9. The van der Waals surface area contributed by atoms with Gasteiger partial charge in [0, 0.05) is 11.3 Å². The van der Waals surface area contributed by atoms with Crippen molar-refractivity contribution in [1.82, 2.24) is 4.98 Å². The van der Waals surface area contributed by atoms with Crippen molar-refractivity contribution in [2.24, 2.45) is 0 Å². The number of rotatable bonds is 5. The Hall–Kier alpha value is -2.89. The van der Waals surface area contributed by atoms with E-state index in [0.29, 0.717) is 22.4 Å². The van der Waals surface area contributed by atoms with Crippen molar-refractivity contribution in [1.29, 1.82) is 0 Å². The van der Waals surface area contributed by atoms with Gasteiger partial charge in [-0.25, -0.2) is 9.59 Å². The zero-order valence-corrected chi connectivity index (χ0v) is 14.0. The van der Waals surface area contributed by atoms with Gasteiger partial charge in [-0.15, -0.1) is 0 Å². The van der Waals surface area contributed by atoms with Crippen molar-refractivity contribution in [2.45, 2.75) is 26.9 Å². The van der Waals surface area contributed by atoms with E-state index >= 15 is 0 Å². The molecule has 0 amide bonds. The van der Waals surface area contributed by atoms with Gasteiger partial charge in [0.25, 0.3) is 0 Å². The molecule has 0 saturated carbocycles. The van der Waals surface area contributed by atoms with Crippen molar-refractivity contribution < 1.29 is 23.9 Å². The lowest BCUT2D eigenvalue weighted by molar-refractivity contribution is 0.0313. The molecule has 1 aromatic heterocycles. The molecule has 0 bridgehead atoms. The summed E-state index contributed by atoms with van der Waals surface area (Å²) in [5.74, 6) is -1.52. The highest BCUT2D eigenvalue weighted by atomic mass is 16.5. The molecule has 2 rings (SSSR count). The average molecular weight is 329 g/mol. The van der Waals surface area contributed by atoms with Gasteiger partial charge in [-0.05, 0) is 26.3 Å². The minimum Gasteiger partial charge on any atom is -0.465 e. The lowest BCUT2D eigenvalue weighted by atomic mass is 10.1. The molecular formula is C18H19NO5. The Morgan fingerprint density at radius 1 is 1.04 bits per heavy atom. The Labute approximate surface area is 139 Å². The van der Waals surface area contributed by atoms with Gasteiger partial charge in [0.05, 0.1) is 12.7 Å². The monoisotopic (exact) mass is 329 g/mol. The second-order valence-electron chi connectivity index (χ2n) is 5.39. The number of aryl methyl sites for hydroxylation is 1. The number of H-pyrrole nitrogens is 1. The lowest BCUT2D eigenvalue weighted by Crippen LogP contribution is -2.25. The van der Waals surface area contributed by atoms with Crippen molar-refractivity contribution in [2.75, 3.05) is 7.11 Å². The highest BCUT2D eigenvalue weighted by molar-refractivity contribution is 6.02. The van der Waals surface area contributed by atoms with Crippen LogP contribution in [0.5, 0.6) is 0 Å². The molecule has 2 aromatic rings. The normalized spacial score (nSPS) is 11.7. The van der Waals surface area contributed by atoms with Crippen molar-refractivity contribution >= 4 is 17.7 Å². The molecule has 1 heterocycles. The predicted octanol–water partition coefficient (Wildman–Crippen LogP) is 2.85. The first kappa shape index (κ1) is 17.5. The maximum Gasteiger partial charge on any atom is 0.355 e. The van der Waals surface area contributed by atoms with Gasteiger partial charge in [-0.3, -0.25) is 4.79 Å². The fraction of sp³-hybridized carbons (Fsp3) is 0.278. The third kappa shape index (κ3) is 3.37. The van der Waals surface area contributed by atoms with Crippen LogP contribution in [0.1, 0.15) is 49.4 Å². The van der Waals surface area contributed by atoms with Gasteiger partial charge >= 0.3 is 11.9 Å². The smallest absolute Gasteiger partial charge is 0.355 e. The van der Waals surface area contributed by atoms with Crippen LogP contribution in [0.15, 0.2) is 30.3 Å². The van der Waals surface area contributed by atoms with E-state index in [1.165, 1.54) is 14.0 Å². The third-order valence-electron chi connectivity index (χ3n) is 3.74. The highest BCUT2D eigenvalue weighted by Crippen LogP contribution is 2.20. The Morgan fingerprint density at radius 2 is 1.67 bits per heavy atom. The molecule has 0 saturated heterocycles. The maximum absolute atomic E-state index is 12.3. The number of aromatic nitrogens is 1. The van der Waals surface area contributed by atoms with Gasteiger partial charge in [0.2, 0.25) is 5.78 Å². The van der Waals surface area contributed by atoms with E-state index in [1.807, 2.05) is 0 Å². The predicted molar refractivity (Wildman–Crippen MR) is 87.3 cm³/mol. The van der Waals surface area contributed by atoms with E-state index in [1.54, 1.807) is 44.2 Å². The Morgan fingerprint density at radius 3 is 2.25 bits per heavy atom. The molecule has 0 unspecified atom stereocenters. The molecule has 0 fully saturated rings. The van der Waals surface area contributed by atoms with E-state index in [4.69, 9.17) is 9.47 Å². The molecule has 0 aliphatic heterocycles. The first-order valence-electron chi connectivity index (χ1n) is 7.44. The third-order valence-corrected chi connectivity index (χ3v) is 3.74. The molecule has 24 heavy (non-hydrogen) atoms. The number of carbonyl (C=O) groups is 3. The van der Waals surface area contributed by atoms with Crippen LogP contribution < -0.4 is 0 Å². The summed E-state index contributed by atoms with van der Waals surface area (Å²) in [6.45, 7) is 4.80. The van der Waals surface area contributed by atoms with Crippen LogP contribution in [0.4, 0.5) is 0 Å². The number of carbonyl (C=O) groups excluding carboxylic acids is 3. The summed E-state index contributed by atoms with van der Waals surface area (Å²) < 4.78 is 9.95. The molecule has 1 atom stereocenters. The largest absolute Gasteiger partial charge is 0.465 e. The minimum absolute atomic E-state index is 0.139. The van der Waals surface area contributed by atoms with Crippen LogP contribution >= 0.6 is 0 Å². The summed E-state index contributed by atoms with van der Waals surface area (Å²) in [4.78, 5) is 39.2. The first-order chi connectivity index (χ1) is 11.4. The van der Waals surface area contributed by atoms with Crippen molar-refractivity contribution in [3.63, 3.8) is 0 Å². The summed E-state index contributed by atoms with van der Waals surface area (Å²) in [7, 11) is 1.27. The van der Waals surface area contributed by atoms with Crippen molar-refractivity contribution in [3.8, 4) is 0 Å². The van der Waals surface area contributed by atoms with Crippen LogP contribution in [0, 0.1) is 13.8 Å². The molecule has 0 aliphatic carbocycles. The van der Waals surface area contributed by atoms with E-state index in [9.17, 15) is 14.4 Å². The number of nitrogens with one attached hydrogen (secondary N) is 1. The number of Topliss-reactive ketones (excluding diaryl/α,β-unsaturated/α-hetero) is 1. The summed E-state index contributed by atoms with van der Waals surface area (Å²) in [5.41, 5.74) is 1.84. The average Bonchev–Trinajstić information content (AvgIpc) is 2.88. The van der Waals surface area contributed by atoms with E-state index in [-0.39, 0.29) is 11.5 Å². The van der Waals surface area contributed by atoms with E-state index in [0.717, 1.165) is 0 Å². The first-order valence-corrected chi connectivity index (χ1v) is 7.44. The van der Waals surface area contributed by atoms with E-state index < -0.39 is 18.0 Å². The standard InChI is InChI=1S/C18H19NO5/c1-10-14(17(21)23-4)11(2)19-15(10)18(22)24-12(3)16(20)13-8-6-5-7-9-13/h5-9,12,19H,1-4H3/t12-/m0/s1. The van der Waals surface area contributed by atoms with Gasteiger partial charge in [-0.2, -0.15) is 0 Å². The van der Waals surface area contributed by atoms with Crippen LogP contribution in [0.2, 0.25) is 0 Å². The number of methoxy groups -OCH3 is 1. The summed E-state index contributed by atoms with van der Waals surface area (Å²) in [5, 5.41) is 0. The minimum atomic E-state index is -0.940. The quantitative estimate of drug-likeness (QED) is 0.673. The molecule has 1 N–H and O–H groups in total. The Bertz CT molecular complexity index is 776. The number of hydrogen-bond donors (Lipinski definition) is 1. The molecule has 1 aromatic carbocycles. The Balaban J connectivity index is 2.18. The van der Waals surface area contributed by atoms with Crippen LogP contribution in [0.3, 0.4) is 0 Å². The molecule has 0 aliphatic rings. The summed E-state index contributed by atoms with van der Waals surface area (Å²) in [6.07, 6.45) is -0.940. The maximum atomic E-state index is 12.3. The highest BCUT2D eigenvalue weighted by Gasteiger charge is 2.26. The number of aromatic amines is 1. The SMILES string of the molecule is COC(=O)c1c(C)[nH]c(C(=O)O[C@@H](C)C(=O)c2ccccc2)c1C. The molecular weight excluding hydrogens is 310 g/mol. The van der Waals surface area contributed by atoms with Gasteiger partial charge in [-0.1, -0.05) is 30.3 Å². The van der Waals surface area contributed by atoms with Crippen LogP contribution in [0.25, 0.3) is 0 Å². The van der Waals surface area contributed by atoms with Gasteiger partial charge in [0.1, 0.15) is 5.69 Å². The number of ether oxygens (including phenoxy) is 2. The lowest BCUT2D eigenvalue weighted by Gasteiger charge is -2.12. The zero-order valence-electron chi connectivity index (χ0n) is 14.0. The van der Waals surface area contributed by atoms with Crippen molar-refractivity contribution in [3.05, 3.63) is 58.4 Å². The number of ketones is 1. The molecule has 0 radical (unpaired) electrons. The Kier molecular flexibility index (Phi) is 5.18. The topological polar surface area (TPSA) is 85.5 Å². The molecule has 6 nitrogen and oxygen atoms in total. The number of hydrogen-bond acceptors (Lipinski definition) is 5.